The van der Waals surface area contributed by atoms with E-state index in [4.69, 9.17) is 0 Å². The van der Waals surface area contributed by atoms with Crippen LogP contribution in [0.3, 0.4) is 0 Å². The summed E-state index contributed by atoms with van der Waals surface area (Å²) >= 11 is 0. The largest absolute Gasteiger partial charge is 0.354 e. The van der Waals surface area contributed by atoms with Crippen LogP contribution < -0.4 is 15.4 Å². The number of benzene rings is 1. The molecule has 0 heterocycles. The van der Waals surface area contributed by atoms with Gasteiger partial charge < -0.3 is 10.6 Å². The average molecular weight is 508 g/mol. The molecule has 27 heavy (non-hydrogen) atoms. The molecule has 0 unspecified atom stereocenters. The predicted octanol–water partition coefficient (Wildman–Crippen LogP) is 3.13. The van der Waals surface area contributed by atoms with E-state index in [0.717, 1.165) is 17.1 Å². The van der Waals surface area contributed by atoms with E-state index in [1.165, 1.54) is 32.1 Å². The fourth-order valence-corrected chi connectivity index (χ4v) is 4.78. The van der Waals surface area contributed by atoms with Crippen molar-refractivity contribution in [2.75, 3.05) is 7.05 Å². The molecule has 0 amide bonds. The van der Waals surface area contributed by atoms with Crippen molar-refractivity contribution in [3.63, 3.8) is 0 Å². The highest BCUT2D eigenvalue weighted by Gasteiger charge is 2.17. The predicted molar refractivity (Wildman–Crippen MR) is 123 cm³/mol. The summed E-state index contributed by atoms with van der Waals surface area (Å²) in [7, 11) is -1.58. The van der Waals surface area contributed by atoms with Crippen LogP contribution in [-0.4, -0.2) is 33.5 Å². The average Bonchev–Trinajstić information content (AvgIpc) is 2.59. The summed E-state index contributed by atoms with van der Waals surface area (Å²) in [5.74, 6) is 0.757. The number of sulfonamides is 1. The molecular formula is C19H33IN4O2S. The molecule has 154 valence electrons. The van der Waals surface area contributed by atoms with E-state index >= 15 is 0 Å². The third kappa shape index (κ3) is 8.78. The molecule has 1 aliphatic carbocycles. The van der Waals surface area contributed by atoms with Gasteiger partial charge in [-0.15, -0.1) is 24.0 Å². The summed E-state index contributed by atoms with van der Waals surface area (Å²) in [5, 5.41) is 6.80. The first kappa shape index (κ1) is 24.2. The van der Waals surface area contributed by atoms with Crippen molar-refractivity contribution >= 4 is 40.0 Å². The van der Waals surface area contributed by atoms with Gasteiger partial charge in [0, 0.05) is 25.7 Å². The van der Waals surface area contributed by atoms with Gasteiger partial charge in [-0.1, -0.05) is 43.5 Å². The second kappa shape index (κ2) is 11.9. The van der Waals surface area contributed by atoms with Gasteiger partial charge >= 0.3 is 0 Å². The van der Waals surface area contributed by atoms with Crippen molar-refractivity contribution in [3.05, 3.63) is 35.4 Å². The van der Waals surface area contributed by atoms with Crippen LogP contribution in [0.25, 0.3) is 0 Å². The minimum Gasteiger partial charge on any atom is -0.354 e. The molecule has 1 aromatic rings. The fraction of sp³-hybridized carbons (Fsp3) is 0.632. The first-order chi connectivity index (χ1) is 12.4. The Bertz CT molecular complexity index is 701. The van der Waals surface area contributed by atoms with Gasteiger partial charge in [-0.3, -0.25) is 4.99 Å². The summed E-state index contributed by atoms with van der Waals surface area (Å²) in [6.45, 7) is 4.19. The van der Waals surface area contributed by atoms with Gasteiger partial charge in [-0.2, -0.15) is 0 Å². The maximum atomic E-state index is 12.3. The zero-order chi connectivity index (χ0) is 19.0. The summed E-state index contributed by atoms with van der Waals surface area (Å²) in [6.07, 6.45) is 6.19. The summed E-state index contributed by atoms with van der Waals surface area (Å²) in [4.78, 5) is 4.30. The van der Waals surface area contributed by atoms with Crippen LogP contribution in [0.15, 0.2) is 29.3 Å². The molecule has 0 aliphatic heterocycles. The number of hydrogen-bond donors (Lipinski definition) is 3. The third-order valence-electron chi connectivity index (χ3n) is 4.50. The molecule has 6 nitrogen and oxygen atoms in total. The zero-order valence-electron chi connectivity index (χ0n) is 16.5. The molecule has 0 saturated heterocycles. The number of rotatable bonds is 7. The Morgan fingerprint density at radius 1 is 1.15 bits per heavy atom. The van der Waals surface area contributed by atoms with Gasteiger partial charge in [0.05, 0.1) is 5.75 Å². The van der Waals surface area contributed by atoms with Crippen molar-refractivity contribution in [3.8, 4) is 0 Å². The molecule has 3 N–H and O–H groups in total. The van der Waals surface area contributed by atoms with E-state index < -0.39 is 10.0 Å². The topological polar surface area (TPSA) is 82.6 Å². The van der Waals surface area contributed by atoms with Gasteiger partial charge in [0.2, 0.25) is 10.0 Å². The minimum atomic E-state index is -3.35. The Morgan fingerprint density at radius 2 is 1.78 bits per heavy atom. The van der Waals surface area contributed by atoms with Crippen LogP contribution in [0.4, 0.5) is 0 Å². The highest BCUT2D eigenvalue weighted by molar-refractivity contribution is 14.0. The van der Waals surface area contributed by atoms with Gasteiger partial charge in [-0.25, -0.2) is 13.1 Å². The Labute approximate surface area is 181 Å². The van der Waals surface area contributed by atoms with E-state index in [2.05, 4.69) is 20.3 Å². The smallest absolute Gasteiger partial charge is 0.216 e. The van der Waals surface area contributed by atoms with Crippen LogP contribution in [0.5, 0.6) is 0 Å². The Morgan fingerprint density at radius 3 is 2.37 bits per heavy atom. The van der Waals surface area contributed by atoms with E-state index in [1.807, 2.05) is 38.1 Å². The lowest BCUT2D eigenvalue weighted by molar-refractivity contribution is 0.410. The van der Waals surface area contributed by atoms with Crippen molar-refractivity contribution in [1.29, 1.82) is 0 Å². The number of nitrogens with one attached hydrogen (secondary N) is 3. The molecule has 0 spiro atoms. The van der Waals surface area contributed by atoms with Crippen LogP contribution in [0.2, 0.25) is 0 Å². The fourth-order valence-electron chi connectivity index (χ4n) is 3.29. The first-order valence-electron chi connectivity index (χ1n) is 9.43. The Balaban J connectivity index is 0.00000364. The van der Waals surface area contributed by atoms with Crippen molar-refractivity contribution in [2.45, 2.75) is 70.3 Å². The van der Waals surface area contributed by atoms with E-state index in [-0.39, 0.29) is 35.8 Å². The molecule has 0 aromatic heterocycles. The molecule has 1 fully saturated rings. The SMILES string of the molecule is CN=C(NCc1ccccc1CS(=O)(=O)NC(C)C)NC1CCCCC1.I. The quantitative estimate of drug-likeness (QED) is 0.300. The van der Waals surface area contributed by atoms with Crippen molar-refractivity contribution < 1.29 is 8.42 Å². The number of nitrogens with zero attached hydrogens (tertiary/aromatic N) is 1. The van der Waals surface area contributed by atoms with Gasteiger partial charge in [0.1, 0.15) is 0 Å². The van der Waals surface area contributed by atoms with Crippen LogP contribution in [0, 0.1) is 0 Å². The molecule has 1 saturated carbocycles. The summed E-state index contributed by atoms with van der Waals surface area (Å²) in [5.41, 5.74) is 1.77. The number of guanidine groups is 1. The Hall–Kier alpha value is -0.870. The lowest BCUT2D eigenvalue weighted by atomic mass is 9.96. The summed E-state index contributed by atoms with van der Waals surface area (Å²) < 4.78 is 27.1. The van der Waals surface area contributed by atoms with Crippen molar-refractivity contribution in [1.82, 2.24) is 15.4 Å². The van der Waals surface area contributed by atoms with Crippen LogP contribution in [0.1, 0.15) is 57.1 Å². The number of hydrogen-bond acceptors (Lipinski definition) is 3. The van der Waals surface area contributed by atoms with E-state index in [0.29, 0.717) is 12.6 Å². The molecule has 0 atom stereocenters. The molecule has 1 aromatic carbocycles. The maximum absolute atomic E-state index is 12.3. The van der Waals surface area contributed by atoms with Gasteiger partial charge in [0.25, 0.3) is 0 Å². The molecule has 8 heteroatoms. The van der Waals surface area contributed by atoms with E-state index in [1.54, 1.807) is 7.05 Å². The second-order valence-corrected chi connectivity index (χ2v) is 8.96. The van der Waals surface area contributed by atoms with Gasteiger partial charge in [0.15, 0.2) is 5.96 Å². The molecule has 0 radical (unpaired) electrons. The highest BCUT2D eigenvalue weighted by Crippen LogP contribution is 2.17. The number of halogens is 1. The van der Waals surface area contributed by atoms with E-state index in [9.17, 15) is 8.42 Å². The Kier molecular flexibility index (Phi) is 10.6. The molecule has 0 bridgehead atoms. The molecule has 1 aliphatic rings. The molecule has 2 rings (SSSR count). The third-order valence-corrected chi connectivity index (χ3v) is 6.02. The number of aliphatic imine (C=N–C) groups is 1. The summed E-state index contributed by atoms with van der Waals surface area (Å²) in [6, 6.07) is 8.00. The monoisotopic (exact) mass is 508 g/mol. The van der Waals surface area contributed by atoms with Crippen LogP contribution >= 0.6 is 24.0 Å². The minimum absolute atomic E-state index is 0. The lowest BCUT2D eigenvalue weighted by Gasteiger charge is -2.25. The lowest BCUT2D eigenvalue weighted by Crippen LogP contribution is -2.44. The second-order valence-electron chi connectivity index (χ2n) is 7.21. The molecular weight excluding hydrogens is 475 g/mol. The van der Waals surface area contributed by atoms with Crippen LogP contribution in [-0.2, 0) is 22.3 Å². The highest BCUT2D eigenvalue weighted by atomic mass is 127. The first-order valence-corrected chi connectivity index (χ1v) is 11.1. The normalized spacial score (nSPS) is 16.1. The van der Waals surface area contributed by atoms with Gasteiger partial charge in [-0.05, 0) is 37.8 Å². The zero-order valence-corrected chi connectivity index (χ0v) is 19.6. The standard InChI is InChI=1S/C19H32N4O2S.HI/c1-15(2)23-26(24,25)14-17-10-8-7-9-16(17)13-21-19(20-3)22-18-11-5-4-6-12-18;/h7-10,15,18,23H,4-6,11-14H2,1-3H3,(H2,20,21,22);1H. The van der Waals surface area contributed by atoms with Crippen molar-refractivity contribution in [2.24, 2.45) is 4.99 Å². The maximum Gasteiger partial charge on any atom is 0.216 e.